The van der Waals surface area contributed by atoms with Crippen LogP contribution in [-0.2, 0) is 4.74 Å². The first-order chi connectivity index (χ1) is 14.5. The Bertz CT molecular complexity index is 673. The minimum atomic E-state index is -0.182. The number of hydrogen-bond donors (Lipinski definition) is 2. The average molecular weight is 548 g/mol. The number of ether oxygens (including phenoxy) is 1. The van der Waals surface area contributed by atoms with Crippen molar-refractivity contribution in [2.24, 2.45) is 4.99 Å². The van der Waals surface area contributed by atoms with E-state index in [1.165, 1.54) is 12.1 Å². The van der Waals surface area contributed by atoms with Crippen molar-refractivity contribution in [3.05, 3.63) is 30.1 Å². The maximum absolute atomic E-state index is 13.1. The van der Waals surface area contributed by atoms with E-state index < -0.39 is 0 Å². The molecule has 0 unspecified atom stereocenters. The van der Waals surface area contributed by atoms with Crippen LogP contribution in [0.1, 0.15) is 13.8 Å². The van der Waals surface area contributed by atoms with E-state index in [0.717, 1.165) is 83.8 Å². The summed E-state index contributed by atoms with van der Waals surface area (Å²) < 4.78 is 18.6. The van der Waals surface area contributed by atoms with Gasteiger partial charge in [0, 0.05) is 77.2 Å². The molecule has 9 heteroatoms. The number of aliphatic imine (C=N–C) groups is 1. The molecule has 7 nitrogen and oxygen atoms in total. The lowest BCUT2D eigenvalue weighted by atomic mass is 10.0. The van der Waals surface area contributed by atoms with E-state index in [1.54, 1.807) is 0 Å². The number of nitrogens with one attached hydrogen (secondary N) is 2. The lowest BCUT2D eigenvalue weighted by Crippen LogP contribution is -2.57. The fraction of sp³-hybridized carbons (Fsp3) is 0.682. The minimum absolute atomic E-state index is 0. The van der Waals surface area contributed by atoms with Crippen LogP contribution in [0.4, 0.5) is 10.1 Å². The molecule has 0 aliphatic carbocycles. The topological polar surface area (TPSA) is 55.4 Å². The Labute approximate surface area is 203 Å². The Hall–Kier alpha value is -1.17. The standard InChI is InChI=1S/C22H37FN6O.HI/c1-22(2,29-14-16-30-17-15-29)18-26-21(24-3)25-8-9-27-10-12-28(13-11-27)20-6-4-19(23)5-7-20;/h4-7H,8-18H2,1-3H3,(H2,24,25,26);1H. The van der Waals surface area contributed by atoms with E-state index in [9.17, 15) is 4.39 Å². The SMILES string of the molecule is CN=C(NCCN1CCN(c2ccc(F)cc2)CC1)NCC(C)(C)N1CCOCC1.I. The van der Waals surface area contributed by atoms with Crippen LogP contribution in [0.5, 0.6) is 0 Å². The molecule has 0 atom stereocenters. The quantitative estimate of drug-likeness (QED) is 0.308. The summed E-state index contributed by atoms with van der Waals surface area (Å²) in [6.07, 6.45) is 0. The number of halogens is 2. The normalized spacial score (nSPS) is 19.1. The van der Waals surface area contributed by atoms with E-state index in [0.29, 0.717) is 0 Å². The van der Waals surface area contributed by atoms with E-state index in [-0.39, 0.29) is 35.3 Å². The molecule has 0 saturated carbocycles. The largest absolute Gasteiger partial charge is 0.379 e. The van der Waals surface area contributed by atoms with Gasteiger partial charge in [-0.3, -0.25) is 14.8 Å². The molecule has 0 spiro atoms. The second-order valence-electron chi connectivity index (χ2n) is 8.57. The third-order valence-electron chi connectivity index (χ3n) is 6.06. The number of benzene rings is 1. The van der Waals surface area contributed by atoms with Crippen molar-refractivity contribution < 1.29 is 9.13 Å². The first kappa shape index (κ1) is 26.1. The first-order valence-corrected chi connectivity index (χ1v) is 11.0. The number of guanidine groups is 1. The third-order valence-corrected chi connectivity index (χ3v) is 6.06. The van der Waals surface area contributed by atoms with Gasteiger partial charge in [0.25, 0.3) is 0 Å². The monoisotopic (exact) mass is 548 g/mol. The van der Waals surface area contributed by atoms with Crippen LogP contribution in [0, 0.1) is 5.82 Å². The summed E-state index contributed by atoms with van der Waals surface area (Å²) in [6, 6.07) is 6.79. The van der Waals surface area contributed by atoms with Crippen LogP contribution in [0.3, 0.4) is 0 Å². The number of piperazine rings is 1. The summed E-state index contributed by atoms with van der Waals surface area (Å²) >= 11 is 0. The molecule has 0 amide bonds. The summed E-state index contributed by atoms with van der Waals surface area (Å²) in [4.78, 5) is 11.6. The van der Waals surface area contributed by atoms with Crippen molar-refractivity contribution in [1.29, 1.82) is 0 Å². The molecule has 1 aromatic rings. The van der Waals surface area contributed by atoms with Crippen molar-refractivity contribution in [2.75, 3.05) is 84.1 Å². The second kappa shape index (κ2) is 12.8. The van der Waals surface area contributed by atoms with Gasteiger partial charge in [0.05, 0.1) is 13.2 Å². The number of morpholine rings is 1. The van der Waals surface area contributed by atoms with Crippen molar-refractivity contribution in [1.82, 2.24) is 20.4 Å². The molecule has 0 aromatic heterocycles. The van der Waals surface area contributed by atoms with Crippen LogP contribution in [0.25, 0.3) is 0 Å². The molecule has 2 saturated heterocycles. The van der Waals surface area contributed by atoms with Crippen LogP contribution < -0.4 is 15.5 Å². The third kappa shape index (κ3) is 8.03. The van der Waals surface area contributed by atoms with E-state index in [4.69, 9.17) is 4.74 Å². The summed E-state index contributed by atoms with van der Waals surface area (Å²) in [5, 5.41) is 6.92. The van der Waals surface area contributed by atoms with Gasteiger partial charge in [0.2, 0.25) is 0 Å². The predicted octanol–water partition coefficient (Wildman–Crippen LogP) is 1.84. The summed E-state index contributed by atoms with van der Waals surface area (Å²) in [5.41, 5.74) is 1.15. The lowest BCUT2D eigenvalue weighted by Gasteiger charge is -2.41. The molecular weight excluding hydrogens is 510 g/mol. The zero-order chi connectivity index (χ0) is 21.4. The first-order valence-electron chi connectivity index (χ1n) is 11.0. The van der Waals surface area contributed by atoms with Crippen molar-refractivity contribution >= 4 is 35.6 Å². The number of hydrogen-bond acceptors (Lipinski definition) is 5. The average Bonchev–Trinajstić information content (AvgIpc) is 2.78. The Morgan fingerprint density at radius 1 is 1.03 bits per heavy atom. The van der Waals surface area contributed by atoms with E-state index in [2.05, 4.69) is 44.2 Å². The molecule has 2 fully saturated rings. The molecule has 1 aromatic carbocycles. The second-order valence-corrected chi connectivity index (χ2v) is 8.57. The number of rotatable bonds is 7. The molecule has 2 aliphatic heterocycles. The van der Waals surface area contributed by atoms with Gasteiger partial charge < -0.3 is 20.3 Å². The molecule has 3 rings (SSSR count). The van der Waals surface area contributed by atoms with Gasteiger partial charge in [0.1, 0.15) is 5.82 Å². The summed E-state index contributed by atoms with van der Waals surface area (Å²) in [6.45, 7) is 14.7. The molecule has 0 radical (unpaired) electrons. The van der Waals surface area contributed by atoms with Gasteiger partial charge in [-0.2, -0.15) is 0 Å². The minimum Gasteiger partial charge on any atom is -0.379 e. The van der Waals surface area contributed by atoms with Gasteiger partial charge in [-0.1, -0.05) is 0 Å². The van der Waals surface area contributed by atoms with Gasteiger partial charge in [0.15, 0.2) is 5.96 Å². The molecular formula is C22H38FIN6O. The maximum Gasteiger partial charge on any atom is 0.191 e. The van der Waals surface area contributed by atoms with Crippen molar-refractivity contribution in [3.8, 4) is 0 Å². The van der Waals surface area contributed by atoms with Gasteiger partial charge >= 0.3 is 0 Å². The van der Waals surface area contributed by atoms with Crippen LogP contribution in [-0.4, -0.2) is 100 Å². The van der Waals surface area contributed by atoms with Crippen molar-refractivity contribution in [3.63, 3.8) is 0 Å². The highest BCUT2D eigenvalue weighted by Crippen LogP contribution is 2.17. The number of nitrogens with zero attached hydrogens (tertiary/aromatic N) is 4. The Morgan fingerprint density at radius 2 is 1.68 bits per heavy atom. The highest BCUT2D eigenvalue weighted by atomic mass is 127. The molecule has 31 heavy (non-hydrogen) atoms. The molecule has 2 heterocycles. The van der Waals surface area contributed by atoms with Crippen LogP contribution in [0.2, 0.25) is 0 Å². The van der Waals surface area contributed by atoms with E-state index >= 15 is 0 Å². The number of anilines is 1. The van der Waals surface area contributed by atoms with Gasteiger partial charge in [-0.05, 0) is 38.1 Å². The van der Waals surface area contributed by atoms with E-state index in [1.807, 2.05) is 19.2 Å². The summed E-state index contributed by atoms with van der Waals surface area (Å²) in [7, 11) is 1.82. The van der Waals surface area contributed by atoms with Crippen LogP contribution >= 0.6 is 24.0 Å². The molecule has 2 aliphatic rings. The highest BCUT2D eigenvalue weighted by molar-refractivity contribution is 14.0. The van der Waals surface area contributed by atoms with Crippen molar-refractivity contribution in [2.45, 2.75) is 19.4 Å². The predicted molar refractivity (Wildman–Crippen MR) is 136 cm³/mol. The smallest absolute Gasteiger partial charge is 0.191 e. The zero-order valence-corrected chi connectivity index (χ0v) is 21.4. The van der Waals surface area contributed by atoms with Crippen LogP contribution in [0.15, 0.2) is 29.3 Å². The van der Waals surface area contributed by atoms with Gasteiger partial charge in [-0.15, -0.1) is 24.0 Å². The Kier molecular flexibility index (Phi) is 10.7. The molecule has 176 valence electrons. The van der Waals surface area contributed by atoms with Gasteiger partial charge in [-0.25, -0.2) is 4.39 Å². The lowest BCUT2D eigenvalue weighted by molar-refractivity contribution is -0.00834. The highest BCUT2D eigenvalue weighted by Gasteiger charge is 2.28. The Morgan fingerprint density at radius 3 is 2.29 bits per heavy atom. The Balaban J connectivity index is 0.00000341. The fourth-order valence-electron chi connectivity index (χ4n) is 4.02. The maximum atomic E-state index is 13.1. The molecule has 2 N–H and O–H groups in total. The zero-order valence-electron chi connectivity index (χ0n) is 19.1. The summed E-state index contributed by atoms with van der Waals surface area (Å²) in [5.74, 6) is 0.667. The molecule has 0 bridgehead atoms. The fourth-order valence-corrected chi connectivity index (χ4v) is 4.02.